The highest BCUT2D eigenvalue weighted by Gasteiger charge is 2.34. The second kappa shape index (κ2) is 6.55. The highest BCUT2D eigenvalue weighted by Crippen LogP contribution is 2.29. The van der Waals surface area contributed by atoms with Gasteiger partial charge >= 0.3 is 0 Å². The minimum absolute atomic E-state index is 0.768. The zero-order valence-corrected chi connectivity index (χ0v) is 12.6. The Morgan fingerprint density at radius 2 is 1.84 bits per heavy atom. The van der Waals surface area contributed by atoms with Crippen molar-refractivity contribution in [3.8, 4) is 0 Å². The summed E-state index contributed by atoms with van der Waals surface area (Å²) in [5.41, 5.74) is 0. The average molecular weight is 265 g/mol. The Hall–Kier alpha value is -0.120. The average Bonchev–Trinajstić information content (AvgIpc) is 3.17. The minimum atomic E-state index is 0.768. The quantitative estimate of drug-likeness (QED) is 0.792. The number of likely N-dealkylation sites (tertiary alicyclic amines) is 2. The summed E-state index contributed by atoms with van der Waals surface area (Å²) in [4.78, 5) is 5.37. The van der Waals surface area contributed by atoms with Crippen molar-refractivity contribution in [2.45, 2.75) is 57.5 Å². The minimum Gasteiger partial charge on any atom is -0.312 e. The second-order valence-electron chi connectivity index (χ2n) is 7.09. The Morgan fingerprint density at radius 3 is 2.58 bits per heavy atom. The normalized spacial score (nSPS) is 31.7. The van der Waals surface area contributed by atoms with Crippen molar-refractivity contribution in [2.24, 2.45) is 5.92 Å². The Bertz CT molecular complexity index is 271. The second-order valence-corrected chi connectivity index (χ2v) is 7.09. The van der Waals surface area contributed by atoms with Crippen molar-refractivity contribution in [1.82, 2.24) is 15.1 Å². The van der Waals surface area contributed by atoms with Gasteiger partial charge in [0.05, 0.1) is 0 Å². The number of hydrogen-bond donors (Lipinski definition) is 1. The lowest BCUT2D eigenvalue weighted by Gasteiger charge is -2.29. The Labute approximate surface area is 118 Å². The van der Waals surface area contributed by atoms with E-state index in [9.17, 15) is 0 Å². The standard InChI is InChI=1S/C16H31N3/c1-14(12-18-8-3-2-4-9-18)11-17-15-7-10-19(13-15)16-5-6-16/h14-17H,2-13H2,1H3. The van der Waals surface area contributed by atoms with E-state index in [4.69, 9.17) is 0 Å². The molecule has 2 heterocycles. The highest BCUT2D eigenvalue weighted by atomic mass is 15.2. The zero-order chi connectivity index (χ0) is 13.1. The maximum atomic E-state index is 3.82. The lowest BCUT2D eigenvalue weighted by molar-refractivity contribution is 0.197. The van der Waals surface area contributed by atoms with Gasteiger partial charge in [-0.05, 0) is 57.7 Å². The molecular weight excluding hydrogens is 234 g/mol. The molecule has 2 unspecified atom stereocenters. The summed E-state index contributed by atoms with van der Waals surface area (Å²) in [5.74, 6) is 0.799. The fraction of sp³-hybridized carbons (Fsp3) is 1.00. The first-order valence-electron chi connectivity index (χ1n) is 8.51. The molecule has 110 valence electrons. The van der Waals surface area contributed by atoms with Crippen molar-refractivity contribution in [1.29, 1.82) is 0 Å². The van der Waals surface area contributed by atoms with Gasteiger partial charge in [-0.3, -0.25) is 4.90 Å². The summed E-state index contributed by atoms with van der Waals surface area (Å²) in [6.45, 7) is 10.2. The van der Waals surface area contributed by atoms with E-state index >= 15 is 0 Å². The van der Waals surface area contributed by atoms with Crippen molar-refractivity contribution in [3.63, 3.8) is 0 Å². The number of rotatable bonds is 6. The van der Waals surface area contributed by atoms with Gasteiger partial charge in [-0.2, -0.15) is 0 Å². The molecule has 3 heteroatoms. The van der Waals surface area contributed by atoms with Crippen LogP contribution in [-0.4, -0.2) is 61.2 Å². The van der Waals surface area contributed by atoms with Crippen LogP contribution in [-0.2, 0) is 0 Å². The third-order valence-electron chi connectivity index (χ3n) is 5.06. The Kier molecular flexibility index (Phi) is 4.78. The van der Waals surface area contributed by atoms with Gasteiger partial charge in [-0.25, -0.2) is 0 Å². The van der Waals surface area contributed by atoms with E-state index in [1.807, 2.05) is 0 Å². The zero-order valence-electron chi connectivity index (χ0n) is 12.6. The van der Waals surface area contributed by atoms with Gasteiger partial charge < -0.3 is 10.2 Å². The molecule has 3 rings (SSSR count). The maximum absolute atomic E-state index is 3.82. The van der Waals surface area contributed by atoms with Crippen LogP contribution in [0.25, 0.3) is 0 Å². The third kappa shape index (κ3) is 4.17. The van der Waals surface area contributed by atoms with E-state index in [-0.39, 0.29) is 0 Å². The molecule has 0 bridgehead atoms. The van der Waals surface area contributed by atoms with Gasteiger partial charge in [-0.15, -0.1) is 0 Å². The van der Waals surface area contributed by atoms with Crippen LogP contribution >= 0.6 is 0 Å². The summed E-state index contributed by atoms with van der Waals surface area (Å²) in [6.07, 6.45) is 8.56. The molecule has 2 aliphatic heterocycles. The first-order valence-corrected chi connectivity index (χ1v) is 8.51. The number of piperidine rings is 1. The fourth-order valence-electron chi connectivity index (χ4n) is 3.74. The topological polar surface area (TPSA) is 18.5 Å². The Balaban J connectivity index is 1.30. The summed E-state index contributed by atoms with van der Waals surface area (Å²) in [6, 6.07) is 1.72. The third-order valence-corrected chi connectivity index (χ3v) is 5.06. The molecule has 2 saturated heterocycles. The van der Waals surface area contributed by atoms with E-state index in [1.54, 1.807) is 0 Å². The van der Waals surface area contributed by atoms with E-state index in [0.717, 1.165) is 18.0 Å². The van der Waals surface area contributed by atoms with Crippen LogP contribution in [0.3, 0.4) is 0 Å². The summed E-state index contributed by atoms with van der Waals surface area (Å²) in [7, 11) is 0. The molecule has 3 aliphatic rings. The maximum Gasteiger partial charge on any atom is 0.0207 e. The molecule has 3 fully saturated rings. The van der Waals surface area contributed by atoms with E-state index in [2.05, 4.69) is 22.0 Å². The predicted molar refractivity (Wildman–Crippen MR) is 80.5 cm³/mol. The van der Waals surface area contributed by atoms with Crippen molar-refractivity contribution < 1.29 is 0 Å². The van der Waals surface area contributed by atoms with Crippen molar-refractivity contribution in [3.05, 3.63) is 0 Å². The predicted octanol–water partition coefficient (Wildman–Crippen LogP) is 1.93. The molecule has 1 saturated carbocycles. The molecule has 0 radical (unpaired) electrons. The summed E-state index contributed by atoms with van der Waals surface area (Å²) < 4.78 is 0. The van der Waals surface area contributed by atoms with Crippen LogP contribution < -0.4 is 5.32 Å². The molecule has 1 aliphatic carbocycles. The van der Waals surface area contributed by atoms with Gasteiger partial charge in [0.1, 0.15) is 0 Å². The van der Waals surface area contributed by atoms with E-state index in [1.165, 1.54) is 77.8 Å². The number of hydrogen-bond acceptors (Lipinski definition) is 3. The molecular formula is C16H31N3. The molecule has 3 nitrogen and oxygen atoms in total. The first-order chi connectivity index (χ1) is 9.31. The molecule has 0 aromatic carbocycles. The lowest BCUT2D eigenvalue weighted by atomic mass is 10.1. The van der Waals surface area contributed by atoms with Crippen LogP contribution in [0.5, 0.6) is 0 Å². The lowest BCUT2D eigenvalue weighted by Crippen LogP contribution is -2.40. The Morgan fingerprint density at radius 1 is 1.05 bits per heavy atom. The number of nitrogens with one attached hydrogen (secondary N) is 1. The smallest absolute Gasteiger partial charge is 0.0207 e. The van der Waals surface area contributed by atoms with Gasteiger partial charge in [-0.1, -0.05) is 13.3 Å². The number of nitrogens with zero attached hydrogens (tertiary/aromatic N) is 2. The van der Waals surface area contributed by atoms with Crippen LogP contribution in [0.4, 0.5) is 0 Å². The molecule has 2 atom stereocenters. The van der Waals surface area contributed by atoms with Crippen LogP contribution in [0.15, 0.2) is 0 Å². The monoisotopic (exact) mass is 265 g/mol. The van der Waals surface area contributed by atoms with Gasteiger partial charge in [0, 0.05) is 31.7 Å². The fourth-order valence-corrected chi connectivity index (χ4v) is 3.74. The van der Waals surface area contributed by atoms with E-state index in [0.29, 0.717) is 0 Å². The molecule has 1 N–H and O–H groups in total. The van der Waals surface area contributed by atoms with Crippen LogP contribution in [0.1, 0.15) is 45.4 Å². The summed E-state index contributed by atoms with van der Waals surface area (Å²) in [5, 5.41) is 3.82. The van der Waals surface area contributed by atoms with Gasteiger partial charge in [0.15, 0.2) is 0 Å². The van der Waals surface area contributed by atoms with Crippen molar-refractivity contribution >= 4 is 0 Å². The van der Waals surface area contributed by atoms with Crippen molar-refractivity contribution in [2.75, 3.05) is 39.3 Å². The van der Waals surface area contributed by atoms with Crippen LogP contribution in [0.2, 0.25) is 0 Å². The van der Waals surface area contributed by atoms with Gasteiger partial charge in [0.2, 0.25) is 0 Å². The SMILES string of the molecule is CC(CNC1CCN(C2CC2)C1)CN1CCCCC1. The molecule has 0 aromatic heterocycles. The molecule has 0 spiro atoms. The molecule has 19 heavy (non-hydrogen) atoms. The van der Waals surface area contributed by atoms with Crippen LogP contribution in [0, 0.1) is 5.92 Å². The summed E-state index contributed by atoms with van der Waals surface area (Å²) >= 11 is 0. The highest BCUT2D eigenvalue weighted by molar-refractivity contribution is 4.91. The van der Waals surface area contributed by atoms with E-state index < -0.39 is 0 Å². The first kappa shape index (κ1) is 13.8. The largest absolute Gasteiger partial charge is 0.312 e. The molecule has 0 amide bonds. The van der Waals surface area contributed by atoms with Gasteiger partial charge in [0.25, 0.3) is 0 Å². The molecule has 0 aromatic rings.